The molecule has 0 aromatic heterocycles. The number of nitrogens with zero attached hydrogens (tertiary/aromatic N) is 1. The Labute approximate surface area is 159 Å². The lowest BCUT2D eigenvalue weighted by Crippen LogP contribution is -2.55. The third kappa shape index (κ3) is 5.69. The SMILES string of the molecule is Cc1ccc(NC(=O)N2CCC(C(N)(CCCCB(O)O)C(=O)O)C2)cc1. The highest BCUT2D eigenvalue weighted by atomic mass is 16.4. The van der Waals surface area contributed by atoms with E-state index in [0.29, 0.717) is 31.5 Å². The summed E-state index contributed by atoms with van der Waals surface area (Å²) in [4.78, 5) is 25.8. The number of unbranched alkanes of at least 4 members (excludes halogenated alkanes) is 1. The Morgan fingerprint density at radius 1 is 1.30 bits per heavy atom. The normalized spacial score (nSPS) is 18.8. The quantitative estimate of drug-likeness (QED) is 0.342. The van der Waals surface area contributed by atoms with Gasteiger partial charge in [0.25, 0.3) is 0 Å². The van der Waals surface area contributed by atoms with Gasteiger partial charge in [-0.2, -0.15) is 0 Å². The first-order chi connectivity index (χ1) is 12.7. The van der Waals surface area contributed by atoms with E-state index in [1.807, 2.05) is 31.2 Å². The largest absolute Gasteiger partial charge is 0.480 e. The summed E-state index contributed by atoms with van der Waals surface area (Å²) in [6.45, 7) is 2.69. The van der Waals surface area contributed by atoms with Crippen LogP contribution in [-0.4, -0.2) is 57.8 Å². The molecule has 2 amide bonds. The fourth-order valence-corrected chi connectivity index (χ4v) is 3.43. The molecule has 0 radical (unpaired) electrons. The van der Waals surface area contributed by atoms with Gasteiger partial charge in [-0.1, -0.05) is 30.5 Å². The Kier molecular flexibility index (Phi) is 7.23. The fourth-order valence-electron chi connectivity index (χ4n) is 3.43. The Morgan fingerprint density at radius 2 is 1.96 bits per heavy atom. The number of aliphatic carboxylic acids is 1. The molecule has 0 bridgehead atoms. The van der Waals surface area contributed by atoms with Crippen molar-refractivity contribution >= 4 is 24.8 Å². The highest BCUT2D eigenvalue weighted by Gasteiger charge is 2.45. The molecule has 1 saturated heterocycles. The number of urea groups is 1. The second-order valence-corrected chi connectivity index (χ2v) is 7.30. The number of carbonyl (C=O) groups is 2. The lowest BCUT2D eigenvalue weighted by molar-refractivity contribution is -0.145. The van der Waals surface area contributed by atoms with Crippen molar-refractivity contribution in [1.82, 2.24) is 4.90 Å². The molecule has 0 saturated carbocycles. The van der Waals surface area contributed by atoms with E-state index >= 15 is 0 Å². The van der Waals surface area contributed by atoms with Crippen LogP contribution in [0.3, 0.4) is 0 Å². The van der Waals surface area contributed by atoms with Crippen molar-refractivity contribution in [2.75, 3.05) is 18.4 Å². The van der Waals surface area contributed by atoms with Crippen LogP contribution in [0.4, 0.5) is 10.5 Å². The van der Waals surface area contributed by atoms with Crippen molar-refractivity contribution in [3.05, 3.63) is 29.8 Å². The number of benzene rings is 1. The van der Waals surface area contributed by atoms with Gasteiger partial charge in [-0.3, -0.25) is 4.79 Å². The summed E-state index contributed by atoms with van der Waals surface area (Å²) in [5, 5.41) is 30.2. The van der Waals surface area contributed by atoms with Crippen molar-refractivity contribution in [3.8, 4) is 0 Å². The van der Waals surface area contributed by atoms with Crippen molar-refractivity contribution in [2.45, 2.75) is 44.5 Å². The van der Waals surface area contributed by atoms with E-state index in [0.717, 1.165) is 5.56 Å². The maximum Gasteiger partial charge on any atom is 0.451 e. The number of nitrogens with one attached hydrogen (secondary N) is 1. The molecule has 148 valence electrons. The van der Waals surface area contributed by atoms with Gasteiger partial charge in [-0.15, -0.1) is 0 Å². The van der Waals surface area contributed by atoms with Crippen LogP contribution in [0.25, 0.3) is 0 Å². The number of anilines is 1. The van der Waals surface area contributed by atoms with Crippen LogP contribution in [0.15, 0.2) is 24.3 Å². The Bertz CT molecular complexity index is 655. The Hall–Kier alpha value is -2.10. The molecule has 9 heteroatoms. The number of carboxylic acids is 1. The Balaban J connectivity index is 1.93. The van der Waals surface area contributed by atoms with Crippen LogP contribution in [0, 0.1) is 12.8 Å². The van der Waals surface area contributed by atoms with Gasteiger partial charge in [0.2, 0.25) is 0 Å². The van der Waals surface area contributed by atoms with Crippen LogP contribution in [0.5, 0.6) is 0 Å². The van der Waals surface area contributed by atoms with Gasteiger partial charge in [0.05, 0.1) is 0 Å². The van der Waals surface area contributed by atoms with Crippen LogP contribution >= 0.6 is 0 Å². The van der Waals surface area contributed by atoms with E-state index in [9.17, 15) is 14.7 Å². The van der Waals surface area contributed by atoms with Gasteiger partial charge in [-0.05, 0) is 38.2 Å². The summed E-state index contributed by atoms with van der Waals surface area (Å²) in [7, 11) is -1.39. The van der Waals surface area contributed by atoms with Gasteiger partial charge < -0.3 is 31.1 Å². The first kappa shape index (κ1) is 21.2. The average Bonchev–Trinajstić information content (AvgIpc) is 3.11. The minimum absolute atomic E-state index is 0.186. The minimum atomic E-state index is -1.43. The van der Waals surface area contributed by atoms with E-state index < -0.39 is 18.6 Å². The second kappa shape index (κ2) is 9.21. The highest BCUT2D eigenvalue weighted by Crippen LogP contribution is 2.31. The molecule has 0 spiro atoms. The molecule has 2 atom stereocenters. The number of amides is 2. The average molecular weight is 377 g/mol. The minimum Gasteiger partial charge on any atom is -0.480 e. The summed E-state index contributed by atoms with van der Waals surface area (Å²) < 4.78 is 0. The van der Waals surface area contributed by atoms with E-state index in [4.69, 9.17) is 15.8 Å². The van der Waals surface area contributed by atoms with E-state index in [1.165, 1.54) is 0 Å². The molecular weight excluding hydrogens is 349 g/mol. The fraction of sp³-hybridized carbons (Fsp3) is 0.556. The number of hydrogen-bond donors (Lipinski definition) is 5. The first-order valence-corrected chi connectivity index (χ1v) is 9.23. The maximum absolute atomic E-state index is 12.4. The summed E-state index contributed by atoms with van der Waals surface area (Å²) in [5.74, 6) is -1.43. The van der Waals surface area contributed by atoms with Crippen molar-refractivity contribution in [3.63, 3.8) is 0 Å². The van der Waals surface area contributed by atoms with Crippen LogP contribution in [0.1, 0.15) is 31.2 Å². The molecule has 1 fully saturated rings. The topological polar surface area (TPSA) is 136 Å². The zero-order chi connectivity index (χ0) is 20.0. The van der Waals surface area contributed by atoms with Gasteiger partial charge in [0.15, 0.2) is 0 Å². The summed E-state index contributed by atoms with van der Waals surface area (Å²) in [6, 6.07) is 7.18. The molecule has 1 aromatic rings. The van der Waals surface area contributed by atoms with E-state index in [1.54, 1.807) is 4.90 Å². The third-order valence-corrected chi connectivity index (χ3v) is 5.21. The summed E-state index contributed by atoms with van der Waals surface area (Å²) in [5.41, 5.74) is 6.56. The zero-order valence-electron chi connectivity index (χ0n) is 15.6. The van der Waals surface area contributed by atoms with Gasteiger partial charge in [0.1, 0.15) is 5.54 Å². The lowest BCUT2D eigenvalue weighted by Gasteiger charge is -2.31. The first-order valence-electron chi connectivity index (χ1n) is 9.23. The number of aryl methyl sites for hydroxylation is 1. The van der Waals surface area contributed by atoms with E-state index in [-0.39, 0.29) is 31.2 Å². The smallest absolute Gasteiger partial charge is 0.451 e. The second-order valence-electron chi connectivity index (χ2n) is 7.30. The van der Waals surface area contributed by atoms with Crippen molar-refractivity contribution in [1.29, 1.82) is 0 Å². The molecule has 2 rings (SSSR count). The number of nitrogens with two attached hydrogens (primary N) is 1. The van der Waals surface area contributed by atoms with Gasteiger partial charge >= 0.3 is 19.1 Å². The molecule has 0 aliphatic carbocycles. The lowest BCUT2D eigenvalue weighted by atomic mass is 9.77. The molecular formula is C18H28BN3O5. The molecule has 1 aromatic carbocycles. The molecule has 1 heterocycles. The van der Waals surface area contributed by atoms with Crippen molar-refractivity contribution in [2.24, 2.45) is 11.7 Å². The number of carboxylic acid groups (broad SMARTS) is 1. The maximum atomic E-state index is 12.4. The summed E-state index contributed by atoms with van der Waals surface area (Å²) in [6.07, 6.45) is 1.89. The third-order valence-electron chi connectivity index (χ3n) is 5.21. The standard InChI is InChI=1S/C18H28BN3O5/c1-13-4-6-15(7-5-13)21-17(25)22-11-8-14(12-22)18(20,16(23)24)9-2-3-10-19(26)27/h4-7,14,26-27H,2-3,8-12,20H2,1H3,(H,21,25)(H,23,24). The van der Waals surface area contributed by atoms with Gasteiger partial charge in [-0.25, -0.2) is 4.79 Å². The molecule has 1 aliphatic rings. The number of carbonyl (C=O) groups excluding carboxylic acids is 1. The number of hydrogen-bond acceptors (Lipinski definition) is 5. The number of likely N-dealkylation sites (tertiary alicyclic amines) is 1. The molecule has 6 N–H and O–H groups in total. The van der Waals surface area contributed by atoms with Crippen molar-refractivity contribution < 1.29 is 24.7 Å². The molecule has 8 nitrogen and oxygen atoms in total. The Morgan fingerprint density at radius 3 is 2.56 bits per heavy atom. The zero-order valence-corrected chi connectivity index (χ0v) is 15.6. The van der Waals surface area contributed by atoms with E-state index in [2.05, 4.69) is 5.32 Å². The molecule has 2 unspecified atom stereocenters. The van der Waals surface area contributed by atoms with Crippen LogP contribution in [-0.2, 0) is 4.79 Å². The van der Waals surface area contributed by atoms with Crippen LogP contribution < -0.4 is 11.1 Å². The molecule has 27 heavy (non-hydrogen) atoms. The summed E-state index contributed by atoms with van der Waals surface area (Å²) >= 11 is 0. The van der Waals surface area contributed by atoms with Crippen LogP contribution in [0.2, 0.25) is 6.32 Å². The highest BCUT2D eigenvalue weighted by molar-refractivity contribution is 6.40. The van der Waals surface area contributed by atoms with Gasteiger partial charge in [0, 0.05) is 24.7 Å². The molecule has 1 aliphatic heterocycles. The predicted octanol–water partition coefficient (Wildman–Crippen LogP) is 1.27. The monoisotopic (exact) mass is 377 g/mol. The number of rotatable bonds is 8. The predicted molar refractivity (Wildman–Crippen MR) is 103 cm³/mol.